The third kappa shape index (κ3) is 6.57. The molecule has 4 aromatic rings. The minimum atomic E-state index is -0.774. The quantitative estimate of drug-likeness (QED) is 0.214. The zero-order valence-corrected chi connectivity index (χ0v) is 27.8. The maximum Gasteiger partial charge on any atom is 0.271 e. The normalized spacial score (nSPS) is 14.4. The number of hydrogen-bond acceptors (Lipinski definition) is 8. The molecule has 0 fully saturated rings. The molecule has 1 amide bonds. The Hall–Kier alpha value is -4.83. The van der Waals surface area contributed by atoms with Gasteiger partial charge in [0, 0.05) is 18.7 Å². The van der Waals surface area contributed by atoms with Crippen LogP contribution in [0, 0.1) is 0 Å². The first-order valence-corrected chi connectivity index (χ1v) is 16.1. The number of ether oxygens (including phenoxy) is 4. The smallest absolute Gasteiger partial charge is 0.271 e. The van der Waals surface area contributed by atoms with E-state index >= 15 is 0 Å². The molecule has 0 saturated carbocycles. The lowest BCUT2D eigenvalue weighted by molar-refractivity contribution is -0.127. The molecule has 3 aromatic carbocycles. The second kappa shape index (κ2) is 14.5. The molecule has 2 heterocycles. The third-order valence-electron chi connectivity index (χ3n) is 7.84. The van der Waals surface area contributed by atoms with Crippen LogP contribution in [0.1, 0.15) is 50.4 Å². The monoisotopic (exact) mass is 641 g/mol. The van der Waals surface area contributed by atoms with Crippen LogP contribution >= 0.6 is 11.3 Å². The average Bonchev–Trinajstić information content (AvgIpc) is 3.38. The number of nitrogens with zero attached hydrogens (tertiary/aromatic N) is 3. The fraction of sp³-hybridized carbons (Fsp3) is 0.306. The molecule has 0 radical (unpaired) electrons. The van der Waals surface area contributed by atoms with Gasteiger partial charge in [-0.15, -0.1) is 0 Å². The molecule has 1 aromatic heterocycles. The molecule has 0 spiro atoms. The predicted molar refractivity (Wildman–Crippen MR) is 180 cm³/mol. The van der Waals surface area contributed by atoms with E-state index < -0.39 is 6.04 Å². The van der Waals surface area contributed by atoms with Gasteiger partial charge in [0.05, 0.1) is 36.6 Å². The Morgan fingerprint density at radius 3 is 2.35 bits per heavy atom. The molecule has 1 atom stereocenters. The second-order valence-electron chi connectivity index (χ2n) is 10.6. The molecule has 9 nitrogen and oxygen atoms in total. The van der Waals surface area contributed by atoms with E-state index in [9.17, 15) is 9.59 Å². The largest absolute Gasteiger partial charge is 0.497 e. The highest BCUT2D eigenvalue weighted by atomic mass is 32.1. The number of benzene rings is 3. The Labute approximate surface area is 272 Å². The molecule has 5 rings (SSSR count). The Kier molecular flexibility index (Phi) is 10.3. The van der Waals surface area contributed by atoms with Crippen molar-refractivity contribution in [3.63, 3.8) is 0 Å². The van der Waals surface area contributed by atoms with Crippen molar-refractivity contribution in [1.82, 2.24) is 9.47 Å². The van der Waals surface area contributed by atoms with E-state index in [2.05, 4.69) is 0 Å². The predicted octanol–water partition coefficient (Wildman–Crippen LogP) is 5.10. The lowest BCUT2D eigenvalue weighted by Crippen LogP contribution is -2.43. The second-order valence-corrected chi connectivity index (χ2v) is 11.6. The highest BCUT2D eigenvalue weighted by molar-refractivity contribution is 7.07. The standard InChI is InChI=1S/C36H39N3O6S/c1-7-38(8-2)35(41)32-23(4)37-36-39(33(32)27-21-26(42-5)16-18-28(27)43-6)34(40)31(46-36)20-25-15-17-29(30(19-25)44-9-3)45-22-24-13-11-10-12-14-24/h10-21,33H,7-9,22H2,1-6H3/b31-20+/t33-/m1/s1. The van der Waals surface area contributed by atoms with E-state index in [1.54, 1.807) is 35.8 Å². The topological polar surface area (TPSA) is 91.6 Å². The van der Waals surface area contributed by atoms with Crippen molar-refractivity contribution in [3.05, 3.63) is 114 Å². The van der Waals surface area contributed by atoms with Gasteiger partial charge in [0.2, 0.25) is 0 Å². The first-order chi connectivity index (χ1) is 22.3. The fourth-order valence-corrected chi connectivity index (χ4v) is 6.56. The molecule has 0 N–H and O–H groups in total. The highest BCUT2D eigenvalue weighted by Crippen LogP contribution is 2.38. The van der Waals surface area contributed by atoms with Crippen molar-refractivity contribution in [1.29, 1.82) is 0 Å². The van der Waals surface area contributed by atoms with Gasteiger partial charge in [-0.05, 0) is 75.2 Å². The number of amides is 1. The van der Waals surface area contributed by atoms with Crippen molar-refractivity contribution in [3.8, 4) is 23.0 Å². The summed E-state index contributed by atoms with van der Waals surface area (Å²) in [5, 5.41) is 0. The van der Waals surface area contributed by atoms with Crippen LogP contribution in [0.15, 0.2) is 87.8 Å². The lowest BCUT2D eigenvalue weighted by atomic mass is 9.93. The van der Waals surface area contributed by atoms with E-state index in [-0.39, 0.29) is 11.5 Å². The number of methoxy groups -OCH3 is 2. The molecule has 0 saturated heterocycles. The lowest BCUT2D eigenvalue weighted by Gasteiger charge is -2.30. The maximum absolute atomic E-state index is 14.3. The van der Waals surface area contributed by atoms with Gasteiger partial charge in [-0.3, -0.25) is 14.2 Å². The minimum Gasteiger partial charge on any atom is -0.497 e. The maximum atomic E-state index is 14.3. The van der Waals surface area contributed by atoms with Crippen molar-refractivity contribution in [2.75, 3.05) is 33.9 Å². The number of allylic oxidation sites excluding steroid dienone is 1. The van der Waals surface area contributed by atoms with Gasteiger partial charge >= 0.3 is 0 Å². The van der Waals surface area contributed by atoms with Gasteiger partial charge in [-0.25, -0.2) is 4.99 Å². The van der Waals surface area contributed by atoms with Gasteiger partial charge in [0.1, 0.15) is 24.1 Å². The van der Waals surface area contributed by atoms with Crippen LogP contribution in [0.4, 0.5) is 0 Å². The van der Waals surface area contributed by atoms with Crippen molar-refractivity contribution < 1.29 is 23.7 Å². The molecular weight excluding hydrogens is 602 g/mol. The molecule has 10 heteroatoms. The Morgan fingerprint density at radius 1 is 0.935 bits per heavy atom. The first-order valence-electron chi connectivity index (χ1n) is 15.3. The molecule has 1 aliphatic rings. The molecule has 46 heavy (non-hydrogen) atoms. The van der Waals surface area contributed by atoms with Crippen molar-refractivity contribution in [2.24, 2.45) is 4.99 Å². The third-order valence-corrected chi connectivity index (χ3v) is 8.82. The van der Waals surface area contributed by atoms with E-state index in [0.29, 0.717) is 75.5 Å². The van der Waals surface area contributed by atoms with E-state index in [0.717, 1.165) is 11.1 Å². The Balaban J connectivity index is 1.63. The number of thiazole rings is 1. The number of likely N-dealkylation sites (N-methyl/N-ethyl adjacent to an activating group) is 1. The van der Waals surface area contributed by atoms with Gasteiger partial charge < -0.3 is 23.8 Å². The van der Waals surface area contributed by atoms with Gasteiger partial charge in [0.15, 0.2) is 16.3 Å². The van der Waals surface area contributed by atoms with Gasteiger partial charge in [-0.2, -0.15) is 0 Å². The van der Waals surface area contributed by atoms with Crippen molar-refractivity contribution >= 4 is 23.3 Å². The number of carbonyl (C=O) groups is 1. The van der Waals surface area contributed by atoms with E-state index in [1.165, 1.54) is 11.3 Å². The van der Waals surface area contributed by atoms with Crippen LogP contribution < -0.4 is 33.8 Å². The number of hydrogen-bond donors (Lipinski definition) is 0. The van der Waals surface area contributed by atoms with Gasteiger partial charge in [-0.1, -0.05) is 47.7 Å². The van der Waals surface area contributed by atoms with Crippen LogP contribution in [0.2, 0.25) is 0 Å². The summed E-state index contributed by atoms with van der Waals surface area (Å²) in [4.78, 5) is 35.3. The summed E-state index contributed by atoms with van der Waals surface area (Å²) >= 11 is 1.27. The van der Waals surface area contributed by atoms with Crippen LogP contribution in [0.3, 0.4) is 0 Å². The summed E-state index contributed by atoms with van der Waals surface area (Å²) in [5.74, 6) is 2.14. The Bertz CT molecular complexity index is 1930. The molecule has 1 aliphatic heterocycles. The minimum absolute atomic E-state index is 0.178. The van der Waals surface area contributed by atoms with Crippen LogP contribution in [0.5, 0.6) is 23.0 Å². The summed E-state index contributed by atoms with van der Waals surface area (Å²) in [6, 6.07) is 20.2. The zero-order valence-electron chi connectivity index (χ0n) is 27.0. The summed E-state index contributed by atoms with van der Waals surface area (Å²) < 4.78 is 25.3. The SMILES string of the molecule is CCOc1cc(/C=c2/sc3n(c2=O)[C@H](c2cc(OC)ccc2OC)C(C(=O)N(CC)CC)=C(C)N=3)ccc1OCc1ccccc1. The summed E-state index contributed by atoms with van der Waals surface area (Å²) in [6.07, 6.45) is 1.82. The van der Waals surface area contributed by atoms with Crippen molar-refractivity contribution in [2.45, 2.75) is 40.3 Å². The van der Waals surface area contributed by atoms with E-state index in [4.69, 9.17) is 23.9 Å². The molecular formula is C36H39N3O6S. The summed E-state index contributed by atoms with van der Waals surface area (Å²) in [6.45, 7) is 9.49. The Morgan fingerprint density at radius 2 is 1.67 bits per heavy atom. The summed E-state index contributed by atoms with van der Waals surface area (Å²) in [7, 11) is 3.15. The van der Waals surface area contributed by atoms with Crippen LogP contribution in [-0.2, 0) is 11.4 Å². The van der Waals surface area contributed by atoms with Gasteiger partial charge in [0.25, 0.3) is 11.5 Å². The highest BCUT2D eigenvalue weighted by Gasteiger charge is 2.36. The molecule has 0 bridgehead atoms. The van der Waals surface area contributed by atoms with E-state index in [1.807, 2.05) is 88.4 Å². The fourth-order valence-electron chi connectivity index (χ4n) is 5.51. The molecule has 240 valence electrons. The number of aromatic nitrogens is 1. The van der Waals surface area contributed by atoms with Crippen LogP contribution in [-0.4, -0.2) is 49.3 Å². The summed E-state index contributed by atoms with van der Waals surface area (Å²) in [5.41, 5.74) is 3.17. The zero-order chi connectivity index (χ0) is 32.8. The first kappa shape index (κ1) is 32.6. The van der Waals surface area contributed by atoms with Crippen LogP contribution in [0.25, 0.3) is 6.08 Å². The average molecular weight is 642 g/mol. The number of fused-ring (bicyclic) bond motifs is 1. The number of carbonyl (C=O) groups excluding carboxylic acids is 1. The number of rotatable bonds is 12. The molecule has 0 aliphatic carbocycles. The molecule has 0 unspecified atom stereocenters.